The first-order valence-corrected chi connectivity index (χ1v) is 7.23. The number of aliphatic hydroxyl groups is 1. The molecular weight excluding hydrogens is 228 g/mol. The van der Waals surface area contributed by atoms with E-state index in [-0.39, 0.29) is 17.3 Å². The van der Waals surface area contributed by atoms with E-state index in [1.54, 1.807) is 0 Å². The van der Waals surface area contributed by atoms with Crippen molar-refractivity contribution < 1.29 is 14.6 Å². The molecular formula is C15H28O3. The van der Waals surface area contributed by atoms with Gasteiger partial charge in [-0.3, -0.25) is 4.79 Å². The number of hydrogen-bond donors (Lipinski definition) is 1. The Morgan fingerprint density at radius 3 is 2.44 bits per heavy atom. The zero-order valence-electron chi connectivity index (χ0n) is 12.3. The van der Waals surface area contributed by atoms with Crippen LogP contribution < -0.4 is 0 Å². The number of carbonyl (C=O) groups excluding carboxylic acids is 1. The molecule has 0 heterocycles. The third-order valence-electron chi connectivity index (χ3n) is 4.33. The Morgan fingerprint density at radius 1 is 1.22 bits per heavy atom. The molecule has 0 aliphatic heterocycles. The van der Waals surface area contributed by atoms with Gasteiger partial charge in [0.25, 0.3) is 0 Å². The normalized spacial score (nSPS) is 29.4. The van der Waals surface area contributed by atoms with Gasteiger partial charge >= 0.3 is 5.97 Å². The minimum atomic E-state index is -0.866. The molecule has 0 bridgehead atoms. The summed E-state index contributed by atoms with van der Waals surface area (Å²) in [6.45, 7) is 8.63. The van der Waals surface area contributed by atoms with Crippen LogP contribution in [-0.4, -0.2) is 23.3 Å². The van der Waals surface area contributed by atoms with Crippen LogP contribution in [0.3, 0.4) is 0 Å². The predicted octanol–water partition coefficient (Wildman–Crippen LogP) is 3.30. The third kappa shape index (κ3) is 3.71. The van der Waals surface area contributed by atoms with Crippen LogP contribution in [0, 0.1) is 11.3 Å². The highest BCUT2D eigenvalue weighted by Crippen LogP contribution is 2.42. The Kier molecular flexibility index (Phi) is 5.20. The minimum absolute atomic E-state index is 0.234. The summed E-state index contributed by atoms with van der Waals surface area (Å²) in [5.74, 6) is -0.603. The second-order valence-electron chi connectivity index (χ2n) is 6.33. The van der Waals surface area contributed by atoms with Gasteiger partial charge in [0.05, 0.1) is 18.1 Å². The summed E-state index contributed by atoms with van der Waals surface area (Å²) in [5.41, 5.74) is -0.591. The number of ether oxygens (including phenoxy) is 1. The summed E-state index contributed by atoms with van der Waals surface area (Å²) < 4.78 is 5.11. The fourth-order valence-corrected chi connectivity index (χ4v) is 3.04. The Morgan fingerprint density at radius 2 is 1.89 bits per heavy atom. The molecule has 0 amide bonds. The fourth-order valence-electron chi connectivity index (χ4n) is 3.04. The molecule has 3 heteroatoms. The molecule has 0 saturated heterocycles. The van der Waals surface area contributed by atoms with E-state index < -0.39 is 5.60 Å². The van der Waals surface area contributed by atoms with Gasteiger partial charge in [-0.1, -0.05) is 27.2 Å². The van der Waals surface area contributed by atoms with Gasteiger partial charge in [-0.2, -0.15) is 0 Å². The van der Waals surface area contributed by atoms with E-state index in [9.17, 15) is 9.90 Å². The minimum Gasteiger partial charge on any atom is -0.466 e. The van der Waals surface area contributed by atoms with Crippen LogP contribution >= 0.6 is 0 Å². The Labute approximate surface area is 111 Å². The molecule has 1 fully saturated rings. The molecule has 1 aliphatic carbocycles. The average Bonchev–Trinajstić information content (AvgIpc) is 2.40. The molecule has 1 rings (SSSR count). The maximum atomic E-state index is 12.0. The van der Waals surface area contributed by atoms with Crippen LogP contribution in [0.4, 0.5) is 0 Å². The lowest BCUT2D eigenvalue weighted by Crippen LogP contribution is -2.42. The van der Waals surface area contributed by atoms with Crippen molar-refractivity contribution in [1.29, 1.82) is 0 Å². The molecule has 0 radical (unpaired) electrons. The highest BCUT2D eigenvalue weighted by molar-refractivity contribution is 5.73. The summed E-state index contributed by atoms with van der Waals surface area (Å²) in [5, 5.41) is 10.8. The zero-order chi connectivity index (χ0) is 13.8. The Bertz CT molecular complexity index is 285. The number of carbonyl (C=O) groups is 1. The van der Waals surface area contributed by atoms with Gasteiger partial charge in [-0.05, 0) is 44.4 Å². The maximum Gasteiger partial charge on any atom is 0.311 e. The molecule has 1 saturated carbocycles. The van der Waals surface area contributed by atoms with Crippen LogP contribution in [0.1, 0.15) is 66.2 Å². The third-order valence-corrected chi connectivity index (χ3v) is 4.33. The van der Waals surface area contributed by atoms with Crippen LogP contribution in [0.5, 0.6) is 0 Å². The smallest absolute Gasteiger partial charge is 0.311 e. The summed E-state index contributed by atoms with van der Waals surface area (Å²) in [6.07, 6.45) is 5.15. The summed E-state index contributed by atoms with van der Waals surface area (Å²) in [6, 6.07) is 0. The van der Waals surface area contributed by atoms with E-state index >= 15 is 0 Å². The van der Waals surface area contributed by atoms with Crippen molar-refractivity contribution in [1.82, 2.24) is 0 Å². The van der Waals surface area contributed by atoms with Crippen LogP contribution in [0.25, 0.3) is 0 Å². The first kappa shape index (κ1) is 15.5. The highest BCUT2D eigenvalue weighted by Gasteiger charge is 2.43. The van der Waals surface area contributed by atoms with Crippen molar-refractivity contribution in [3.8, 4) is 0 Å². The average molecular weight is 256 g/mol. The van der Waals surface area contributed by atoms with E-state index in [4.69, 9.17) is 4.74 Å². The van der Waals surface area contributed by atoms with E-state index in [1.165, 1.54) is 0 Å². The quantitative estimate of drug-likeness (QED) is 0.620. The van der Waals surface area contributed by atoms with Crippen molar-refractivity contribution in [2.24, 2.45) is 11.3 Å². The van der Waals surface area contributed by atoms with E-state index in [0.29, 0.717) is 25.9 Å². The van der Waals surface area contributed by atoms with Gasteiger partial charge in [0.15, 0.2) is 0 Å². The number of rotatable bonds is 4. The topological polar surface area (TPSA) is 46.5 Å². The summed E-state index contributed by atoms with van der Waals surface area (Å²) in [4.78, 5) is 12.0. The summed E-state index contributed by atoms with van der Waals surface area (Å²) in [7, 11) is 0. The number of esters is 1. The van der Waals surface area contributed by atoms with Crippen molar-refractivity contribution in [2.45, 2.75) is 71.8 Å². The van der Waals surface area contributed by atoms with Gasteiger partial charge in [0.1, 0.15) is 0 Å². The van der Waals surface area contributed by atoms with E-state index in [2.05, 4.69) is 13.8 Å². The first-order chi connectivity index (χ1) is 8.34. The molecule has 2 unspecified atom stereocenters. The van der Waals surface area contributed by atoms with Gasteiger partial charge in [0, 0.05) is 0 Å². The van der Waals surface area contributed by atoms with Crippen LogP contribution in [-0.2, 0) is 9.53 Å². The zero-order valence-corrected chi connectivity index (χ0v) is 12.3. The molecule has 18 heavy (non-hydrogen) atoms. The van der Waals surface area contributed by atoms with E-state index in [1.807, 2.05) is 13.8 Å². The second kappa shape index (κ2) is 6.05. The number of hydrogen-bond acceptors (Lipinski definition) is 3. The lowest BCUT2D eigenvalue weighted by molar-refractivity contribution is -0.160. The molecule has 2 atom stereocenters. The molecule has 3 nitrogen and oxygen atoms in total. The maximum absolute atomic E-state index is 12.0. The van der Waals surface area contributed by atoms with Gasteiger partial charge in [0.2, 0.25) is 0 Å². The lowest BCUT2D eigenvalue weighted by atomic mass is 9.78. The van der Waals surface area contributed by atoms with Gasteiger partial charge < -0.3 is 9.84 Å². The standard InChI is InChI=1S/C15H28O3/c1-5-12(13(16)18-6-2)15(17)9-7-8-14(3,4)10-11-15/h12,17H,5-11H2,1-4H3. The van der Waals surface area contributed by atoms with Crippen molar-refractivity contribution >= 4 is 5.97 Å². The lowest BCUT2D eigenvalue weighted by Gasteiger charge is -2.34. The van der Waals surface area contributed by atoms with Crippen molar-refractivity contribution in [3.05, 3.63) is 0 Å². The molecule has 0 aromatic carbocycles. The molecule has 0 aromatic heterocycles. The molecule has 1 aliphatic rings. The highest BCUT2D eigenvalue weighted by atomic mass is 16.5. The molecule has 1 N–H and O–H groups in total. The fraction of sp³-hybridized carbons (Fsp3) is 0.933. The SMILES string of the molecule is CCOC(=O)C(CC)C1(O)CCCC(C)(C)CC1. The monoisotopic (exact) mass is 256 g/mol. The van der Waals surface area contributed by atoms with Crippen molar-refractivity contribution in [2.75, 3.05) is 6.61 Å². The largest absolute Gasteiger partial charge is 0.466 e. The van der Waals surface area contributed by atoms with Crippen molar-refractivity contribution in [3.63, 3.8) is 0 Å². The molecule has 106 valence electrons. The first-order valence-electron chi connectivity index (χ1n) is 7.23. The van der Waals surface area contributed by atoms with Crippen LogP contribution in [0.15, 0.2) is 0 Å². The molecule has 0 aromatic rings. The van der Waals surface area contributed by atoms with E-state index in [0.717, 1.165) is 19.3 Å². The molecule has 0 spiro atoms. The predicted molar refractivity (Wildman–Crippen MR) is 72.2 cm³/mol. The van der Waals surface area contributed by atoms with Crippen LogP contribution in [0.2, 0.25) is 0 Å². The summed E-state index contributed by atoms with van der Waals surface area (Å²) >= 11 is 0. The van der Waals surface area contributed by atoms with Gasteiger partial charge in [-0.25, -0.2) is 0 Å². The Balaban J connectivity index is 2.79. The van der Waals surface area contributed by atoms with Gasteiger partial charge in [-0.15, -0.1) is 0 Å². The second-order valence-corrected chi connectivity index (χ2v) is 6.33. The Hall–Kier alpha value is -0.570.